The molecule has 3 heterocycles. The second-order valence-electron chi connectivity index (χ2n) is 7.18. The van der Waals surface area contributed by atoms with Crippen LogP contribution in [-0.2, 0) is 21.7 Å². The van der Waals surface area contributed by atoms with Crippen LogP contribution in [0.3, 0.4) is 0 Å². The lowest BCUT2D eigenvalue weighted by molar-refractivity contribution is -0.185. The summed E-state index contributed by atoms with van der Waals surface area (Å²) in [6.45, 7) is 0. The summed E-state index contributed by atoms with van der Waals surface area (Å²) < 4.78 is 24.8. The monoisotopic (exact) mass is 466 g/mol. The Morgan fingerprint density at radius 1 is 1.03 bits per heavy atom. The normalized spacial score (nSPS) is 18.3. The number of hydrogen-bond donors (Lipinski definition) is 1. The van der Waals surface area contributed by atoms with E-state index in [0.29, 0.717) is 45.7 Å². The van der Waals surface area contributed by atoms with Gasteiger partial charge >= 0.3 is 5.97 Å². The molecule has 32 heavy (non-hydrogen) atoms. The first-order valence-corrected chi connectivity index (χ1v) is 11.3. The topological polar surface area (TPSA) is 90.8 Å². The van der Waals surface area contributed by atoms with E-state index in [4.69, 9.17) is 14.2 Å². The Morgan fingerprint density at radius 2 is 1.84 bits per heavy atom. The molecule has 2 aromatic carbocycles. The third-order valence-corrected chi connectivity index (χ3v) is 6.84. The molecule has 0 saturated carbocycles. The zero-order valence-corrected chi connectivity index (χ0v) is 18.8. The molecular weight excluding hydrogens is 448 g/mol. The largest absolute Gasteiger partial charge is 0.493 e. The lowest BCUT2D eigenvalue weighted by Crippen LogP contribution is -2.29. The third kappa shape index (κ3) is 3.35. The van der Waals surface area contributed by atoms with Gasteiger partial charge in [0.2, 0.25) is 0 Å². The SMILES string of the molecule is COc1ccc(C2(O)OC(=O)C(c3ccc4nsnc4c3)=C2Cc2cccs2)cc1OC. The molecule has 1 aliphatic rings. The van der Waals surface area contributed by atoms with Gasteiger partial charge in [-0.2, -0.15) is 8.75 Å². The van der Waals surface area contributed by atoms with Gasteiger partial charge < -0.3 is 19.3 Å². The highest BCUT2D eigenvalue weighted by atomic mass is 32.1. The lowest BCUT2D eigenvalue weighted by atomic mass is 9.89. The molecule has 0 aliphatic carbocycles. The maximum absolute atomic E-state index is 13.1. The van der Waals surface area contributed by atoms with E-state index in [1.807, 2.05) is 23.6 Å². The Labute approximate surface area is 191 Å². The van der Waals surface area contributed by atoms with Crippen molar-refractivity contribution in [3.05, 3.63) is 75.5 Å². The summed E-state index contributed by atoms with van der Waals surface area (Å²) in [4.78, 5) is 14.1. The summed E-state index contributed by atoms with van der Waals surface area (Å²) >= 11 is 2.65. The molecule has 2 aromatic heterocycles. The molecule has 1 unspecified atom stereocenters. The summed E-state index contributed by atoms with van der Waals surface area (Å²) in [6.07, 6.45) is 0.344. The van der Waals surface area contributed by atoms with Crippen LogP contribution in [0.25, 0.3) is 16.6 Å². The Balaban J connectivity index is 1.70. The molecule has 9 heteroatoms. The molecular formula is C23H18N2O5S2. The van der Waals surface area contributed by atoms with Gasteiger partial charge in [0, 0.05) is 22.4 Å². The molecule has 0 radical (unpaired) electrons. The fraction of sp³-hybridized carbons (Fsp3) is 0.174. The molecule has 0 fully saturated rings. The number of aliphatic hydroxyl groups is 1. The number of rotatable bonds is 6. The summed E-state index contributed by atoms with van der Waals surface area (Å²) in [5.41, 5.74) is 3.22. The summed E-state index contributed by atoms with van der Waals surface area (Å²) in [7, 11) is 3.04. The zero-order valence-electron chi connectivity index (χ0n) is 17.2. The van der Waals surface area contributed by atoms with Crippen molar-refractivity contribution >= 4 is 45.6 Å². The minimum absolute atomic E-state index is 0.325. The van der Waals surface area contributed by atoms with E-state index in [1.165, 1.54) is 14.2 Å². The van der Waals surface area contributed by atoms with Gasteiger partial charge in [0.05, 0.1) is 31.5 Å². The van der Waals surface area contributed by atoms with Crippen LogP contribution in [0.5, 0.6) is 11.5 Å². The lowest BCUT2D eigenvalue weighted by Gasteiger charge is -2.26. The van der Waals surface area contributed by atoms with Crippen LogP contribution < -0.4 is 9.47 Å². The Hall–Kier alpha value is -3.27. The highest BCUT2D eigenvalue weighted by molar-refractivity contribution is 7.09. The van der Waals surface area contributed by atoms with Crippen LogP contribution >= 0.6 is 23.1 Å². The first kappa shape index (κ1) is 20.6. The summed E-state index contributed by atoms with van der Waals surface area (Å²) in [6, 6.07) is 14.3. The molecule has 0 amide bonds. The number of thiophene rings is 1. The number of benzene rings is 2. The number of hydrogen-bond acceptors (Lipinski definition) is 9. The molecule has 1 aliphatic heterocycles. The van der Waals surface area contributed by atoms with Gasteiger partial charge in [-0.05, 0) is 47.3 Å². The number of carbonyl (C=O) groups excluding carboxylic acids is 1. The first-order valence-electron chi connectivity index (χ1n) is 9.70. The highest BCUT2D eigenvalue weighted by Gasteiger charge is 2.48. The van der Waals surface area contributed by atoms with E-state index in [2.05, 4.69) is 8.75 Å². The fourth-order valence-corrected chi connectivity index (χ4v) is 5.08. The summed E-state index contributed by atoms with van der Waals surface area (Å²) in [5.74, 6) is -1.62. The molecule has 162 valence electrons. The van der Waals surface area contributed by atoms with Crippen LogP contribution in [0, 0.1) is 0 Å². The van der Waals surface area contributed by atoms with Crippen LogP contribution in [0.1, 0.15) is 16.0 Å². The smallest absolute Gasteiger partial charge is 0.342 e. The van der Waals surface area contributed by atoms with Gasteiger partial charge in [0.15, 0.2) is 11.5 Å². The van der Waals surface area contributed by atoms with Gasteiger partial charge in [-0.15, -0.1) is 11.3 Å². The van der Waals surface area contributed by atoms with Crippen LogP contribution in [0.2, 0.25) is 0 Å². The van der Waals surface area contributed by atoms with Gasteiger partial charge in [0.25, 0.3) is 5.79 Å². The molecule has 0 bridgehead atoms. The van der Waals surface area contributed by atoms with Crippen LogP contribution in [0.15, 0.2) is 59.5 Å². The van der Waals surface area contributed by atoms with Crippen molar-refractivity contribution in [3.63, 3.8) is 0 Å². The van der Waals surface area contributed by atoms with Crippen LogP contribution in [0.4, 0.5) is 0 Å². The highest BCUT2D eigenvalue weighted by Crippen LogP contribution is 2.46. The maximum Gasteiger partial charge on any atom is 0.342 e. The molecule has 4 aromatic rings. The zero-order chi connectivity index (χ0) is 22.3. The minimum atomic E-state index is -1.95. The Bertz CT molecular complexity index is 1350. The third-order valence-electron chi connectivity index (χ3n) is 5.40. The molecule has 0 saturated heterocycles. The van der Waals surface area contributed by atoms with Crippen molar-refractivity contribution in [3.8, 4) is 11.5 Å². The number of ether oxygens (including phenoxy) is 3. The van der Waals surface area contributed by atoms with Crippen LogP contribution in [-0.4, -0.2) is 34.0 Å². The second kappa shape index (κ2) is 8.01. The quantitative estimate of drug-likeness (QED) is 0.427. The molecule has 1 N–H and O–H groups in total. The van der Waals surface area contributed by atoms with Crippen molar-refractivity contribution in [2.75, 3.05) is 14.2 Å². The average Bonchev–Trinajstić information content (AvgIpc) is 3.53. The maximum atomic E-state index is 13.1. The molecule has 7 nitrogen and oxygen atoms in total. The van der Waals surface area contributed by atoms with E-state index in [0.717, 1.165) is 22.1 Å². The Kier molecular flexibility index (Phi) is 5.16. The average molecular weight is 467 g/mol. The van der Waals surface area contributed by atoms with Gasteiger partial charge in [-0.25, -0.2) is 4.79 Å². The first-order chi connectivity index (χ1) is 15.5. The second-order valence-corrected chi connectivity index (χ2v) is 8.74. The predicted octanol–water partition coefficient (Wildman–Crippen LogP) is 4.17. The Morgan fingerprint density at radius 3 is 2.59 bits per heavy atom. The summed E-state index contributed by atoms with van der Waals surface area (Å²) in [5, 5.41) is 13.7. The number of fused-ring (bicyclic) bond motifs is 1. The van der Waals surface area contributed by atoms with E-state index < -0.39 is 11.8 Å². The number of nitrogens with zero attached hydrogens (tertiary/aromatic N) is 2. The fourth-order valence-electron chi connectivity index (χ4n) is 3.84. The van der Waals surface area contributed by atoms with Gasteiger partial charge in [-0.1, -0.05) is 12.1 Å². The standard InChI is InChI=1S/C23H18N2O5S2/c1-28-19-8-6-14(11-20(19)29-2)23(27)16(12-15-4-3-9-31-15)21(22(26)30-23)13-5-7-17-18(10-13)25-32-24-17/h3-11,27H,12H2,1-2H3. The number of aromatic nitrogens is 2. The van der Waals surface area contributed by atoms with E-state index in [1.54, 1.807) is 41.7 Å². The number of methoxy groups -OCH3 is 2. The van der Waals surface area contributed by atoms with Gasteiger partial charge in [0.1, 0.15) is 11.0 Å². The van der Waals surface area contributed by atoms with E-state index >= 15 is 0 Å². The van der Waals surface area contributed by atoms with Crippen molar-refractivity contribution < 1.29 is 24.1 Å². The van der Waals surface area contributed by atoms with Crippen molar-refractivity contribution in [2.24, 2.45) is 0 Å². The number of cyclic esters (lactones) is 1. The molecule has 0 spiro atoms. The van der Waals surface area contributed by atoms with Crippen molar-refractivity contribution in [2.45, 2.75) is 12.2 Å². The molecule has 5 rings (SSSR count). The number of carbonyl (C=O) groups is 1. The minimum Gasteiger partial charge on any atom is -0.493 e. The van der Waals surface area contributed by atoms with E-state index in [-0.39, 0.29) is 0 Å². The van der Waals surface area contributed by atoms with Gasteiger partial charge in [-0.3, -0.25) is 0 Å². The predicted molar refractivity (Wildman–Crippen MR) is 122 cm³/mol. The molecule has 1 atom stereocenters. The van der Waals surface area contributed by atoms with Crippen molar-refractivity contribution in [1.82, 2.24) is 8.75 Å². The number of esters is 1. The van der Waals surface area contributed by atoms with Crippen molar-refractivity contribution in [1.29, 1.82) is 0 Å². The van der Waals surface area contributed by atoms with E-state index in [9.17, 15) is 9.90 Å².